The van der Waals surface area contributed by atoms with Gasteiger partial charge in [0.15, 0.2) is 0 Å². The third-order valence-electron chi connectivity index (χ3n) is 2.66. The smallest absolute Gasteiger partial charge is 0.267 e. The van der Waals surface area contributed by atoms with Crippen LogP contribution in [0.4, 0.5) is 5.69 Å². The molecule has 2 aromatic carbocycles. The Bertz CT molecular complexity index is 606. The van der Waals surface area contributed by atoms with E-state index in [1.165, 1.54) is 0 Å². The second-order valence-electron chi connectivity index (χ2n) is 4.09. The van der Waals surface area contributed by atoms with Gasteiger partial charge in [0.05, 0.1) is 7.11 Å². The van der Waals surface area contributed by atoms with Crippen molar-refractivity contribution in [1.82, 2.24) is 0 Å². The average Bonchev–Trinajstić information content (AvgIpc) is 2.49. The van der Waals surface area contributed by atoms with Crippen molar-refractivity contribution in [2.75, 3.05) is 12.4 Å². The molecule has 0 saturated carbocycles. The molecular weight excluding hydrogens is 274 g/mol. The molecule has 0 aliphatic carbocycles. The van der Waals surface area contributed by atoms with E-state index in [2.05, 4.69) is 5.32 Å². The van der Waals surface area contributed by atoms with E-state index < -0.39 is 0 Å². The Morgan fingerprint density at radius 1 is 1.10 bits per heavy atom. The second-order valence-corrected chi connectivity index (χ2v) is 4.49. The van der Waals surface area contributed by atoms with Crippen LogP contribution in [0.25, 0.3) is 6.08 Å². The van der Waals surface area contributed by atoms with E-state index in [0.717, 1.165) is 11.3 Å². The van der Waals surface area contributed by atoms with Crippen LogP contribution in [0.1, 0.15) is 5.56 Å². The van der Waals surface area contributed by atoms with E-state index in [4.69, 9.17) is 16.3 Å². The third kappa shape index (κ3) is 3.87. The largest absolute Gasteiger partial charge is 0.497 e. The highest BCUT2D eigenvalue weighted by Crippen LogP contribution is 2.16. The maximum absolute atomic E-state index is 11.9. The molecule has 0 bridgehead atoms. The first-order valence-electron chi connectivity index (χ1n) is 6.06. The number of methoxy groups -OCH3 is 1. The summed E-state index contributed by atoms with van der Waals surface area (Å²) in [6, 6.07) is 16.5. The summed E-state index contributed by atoms with van der Waals surface area (Å²) in [6.45, 7) is 0. The van der Waals surface area contributed by atoms with Gasteiger partial charge in [0.1, 0.15) is 10.8 Å². The molecule has 3 nitrogen and oxygen atoms in total. The Hall–Kier alpha value is -2.26. The van der Waals surface area contributed by atoms with E-state index in [1.54, 1.807) is 25.3 Å². The van der Waals surface area contributed by atoms with Gasteiger partial charge in [-0.05, 0) is 35.9 Å². The molecule has 20 heavy (non-hydrogen) atoms. The van der Waals surface area contributed by atoms with Crippen molar-refractivity contribution in [2.45, 2.75) is 0 Å². The van der Waals surface area contributed by atoms with Crippen LogP contribution in [-0.4, -0.2) is 13.0 Å². The van der Waals surface area contributed by atoms with E-state index in [9.17, 15) is 4.79 Å². The molecule has 0 aromatic heterocycles. The molecule has 1 N–H and O–H groups in total. The van der Waals surface area contributed by atoms with Crippen LogP contribution >= 0.6 is 11.6 Å². The van der Waals surface area contributed by atoms with Crippen molar-refractivity contribution >= 4 is 29.3 Å². The van der Waals surface area contributed by atoms with E-state index in [0.29, 0.717) is 5.69 Å². The lowest BCUT2D eigenvalue weighted by molar-refractivity contribution is -0.112. The van der Waals surface area contributed by atoms with E-state index in [1.807, 2.05) is 42.5 Å². The third-order valence-corrected chi connectivity index (χ3v) is 2.94. The highest BCUT2D eigenvalue weighted by molar-refractivity contribution is 6.45. The molecule has 2 aromatic rings. The van der Waals surface area contributed by atoms with Crippen molar-refractivity contribution in [3.63, 3.8) is 0 Å². The summed E-state index contributed by atoms with van der Waals surface area (Å²) in [5.41, 5.74) is 1.54. The first-order chi connectivity index (χ1) is 9.69. The molecule has 4 heteroatoms. The van der Waals surface area contributed by atoms with Crippen LogP contribution < -0.4 is 10.1 Å². The number of anilines is 1. The number of hydrogen-bond acceptors (Lipinski definition) is 2. The molecule has 102 valence electrons. The van der Waals surface area contributed by atoms with Crippen LogP contribution in [0.5, 0.6) is 5.75 Å². The molecule has 2 rings (SSSR count). The Morgan fingerprint density at radius 2 is 1.75 bits per heavy atom. The standard InChI is InChI=1S/C16H14ClNO2/c1-20-14-9-7-12(8-10-14)11-15(17)16(19)18-13-5-3-2-4-6-13/h2-11H,1H3,(H,18,19)/b15-11-. The predicted molar refractivity (Wildman–Crippen MR) is 81.9 cm³/mol. The summed E-state index contributed by atoms with van der Waals surface area (Å²) in [5, 5.41) is 2.84. The Labute approximate surface area is 122 Å². The lowest BCUT2D eigenvalue weighted by atomic mass is 10.2. The number of hydrogen-bond donors (Lipinski definition) is 1. The Balaban J connectivity index is 2.07. The Kier molecular flexibility index (Phi) is 4.80. The van der Waals surface area contributed by atoms with Crippen LogP contribution in [0.15, 0.2) is 59.6 Å². The molecule has 0 fully saturated rings. The predicted octanol–water partition coefficient (Wildman–Crippen LogP) is 3.91. The molecule has 0 heterocycles. The SMILES string of the molecule is COc1ccc(/C=C(\Cl)C(=O)Nc2ccccc2)cc1. The van der Waals surface area contributed by atoms with Crippen LogP contribution in [0, 0.1) is 0 Å². The number of halogens is 1. The van der Waals surface area contributed by atoms with Crippen molar-refractivity contribution in [2.24, 2.45) is 0 Å². The normalized spacial score (nSPS) is 11.0. The molecule has 0 aliphatic rings. The number of rotatable bonds is 4. The minimum absolute atomic E-state index is 0.124. The fourth-order valence-corrected chi connectivity index (χ4v) is 1.80. The molecule has 0 saturated heterocycles. The summed E-state index contributed by atoms with van der Waals surface area (Å²) in [7, 11) is 1.60. The highest BCUT2D eigenvalue weighted by atomic mass is 35.5. The van der Waals surface area contributed by atoms with Gasteiger partial charge in [0, 0.05) is 5.69 Å². The van der Waals surface area contributed by atoms with Crippen LogP contribution in [0.2, 0.25) is 0 Å². The molecular formula is C16H14ClNO2. The van der Waals surface area contributed by atoms with Crippen molar-refractivity contribution in [3.8, 4) is 5.75 Å². The highest BCUT2D eigenvalue weighted by Gasteiger charge is 2.06. The monoisotopic (exact) mass is 287 g/mol. The first-order valence-corrected chi connectivity index (χ1v) is 6.44. The van der Waals surface area contributed by atoms with Gasteiger partial charge in [-0.3, -0.25) is 4.79 Å². The number of benzene rings is 2. The summed E-state index contributed by atoms with van der Waals surface area (Å²) < 4.78 is 5.07. The molecule has 0 unspecified atom stereocenters. The number of para-hydroxylation sites is 1. The van der Waals surface area contributed by atoms with Gasteiger partial charge >= 0.3 is 0 Å². The maximum Gasteiger partial charge on any atom is 0.267 e. The van der Waals surface area contributed by atoms with E-state index in [-0.39, 0.29) is 10.9 Å². The number of carbonyl (C=O) groups excluding carboxylic acids is 1. The van der Waals surface area contributed by atoms with Gasteiger partial charge in [0.2, 0.25) is 0 Å². The first kappa shape index (κ1) is 14.2. The fraction of sp³-hybridized carbons (Fsp3) is 0.0625. The minimum atomic E-state index is -0.339. The molecule has 1 amide bonds. The fourth-order valence-electron chi connectivity index (χ4n) is 1.62. The average molecular weight is 288 g/mol. The zero-order valence-electron chi connectivity index (χ0n) is 11.0. The molecule has 0 radical (unpaired) electrons. The maximum atomic E-state index is 11.9. The van der Waals surface area contributed by atoms with Gasteiger partial charge in [-0.25, -0.2) is 0 Å². The van der Waals surface area contributed by atoms with Gasteiger partial charge in [-0.1, -0.05) is 41.9 Å². The summed E-state index contributed by atoms with van der Waals surface area (Å²) in [4.78, 5) is 11.9. The number of ether oxygens (including phenoxy) is 1. The molecule has 0 aliphatic heterocycles. The van der Waals surface area contributed by atoms with Gasteiger partial charge < -0.3 is 10.1 Å². The summed E-state index contributed by atoms with van der Waals surface area (Å²) in [5.74, 6) is 0.417. The molecule has 0 atom stereocenters. The van der Waals surface area contributed by atoms with Crippen LogP contribution in [-0.2, 0) is 4.79 Å². The number of carbonyl (C=O) groups is 1. The van der Waals surface area contributed by atoms with Crippen molar-refractivity contribution in [1.29, 1.82) is 0 Å². The minimum Gasteiger partial charge on any atom is -0.497 e. The second kappa shape index (κ2) is 6.78. The summed E-state index contributed by atoms with van der Waals surface area (Å²) >= 11 is 6.01. The summed E-state index contributed by atoms with van der Waals surface area (Å²) in [6.07, 6.45) is 1.61. The van der Waals surface area contributed by atoms with Crippen LogP contribution in [0.3, 0.4) is 0 Å². The topological polar surface area (TPSA) is 38.3 Å². The number of amides is 1. The quantitative estimate of drug-likeness (QED) is 0.866. The lowest BCUT2D eigenvalue weighted by Crippen LogP contribution is -2.11. The zero-order chi connectivity index (χ0) is 14.4. The zero-order valence-corrected chi connectivity index (χ0v) is 11.7. The molecule has 0 spiro atoms. The van der Waals surface area contributed by atoms with Crippen molar-refractivity contribution in [3.05, 3.63) is 65.2 Å². The van der Waals surface area contributed by atoms with Crippen molar-refractivity contribution < 1.29 is 9.53 Å². The van der Waals surface area contributed by atoms with Gasteiger partial charge in [-0.15, -0.1) is 0 Å². The van der Waals surface area contributed by atoms with Gasteiger partial charge in [-0.2, -0.15) is 0 Å². The Morgan fingerprint density at radius 3 is 2.35 bits per heavy atom. The van der Waals surface area contributed by atoms with E-state index >= 15 is 0 Å². The van der Waals surface area contributed by atoms with Gasteiger partial charge in [0.25, 0.3) is 5.91 Å². The lowest BCUT2D eigenvalue weighted by Gasteiger charge is -2.04. The number of nitrogens with one attached hydrogen (secondary N) is 1.